The van der Waals surface area contributed by atoms with Gasteiger partial charge in [-0.3, -0.25) is 14.4 Å². The molecule has 0 aliphatic heterocycles. The summed E-state index contributed by atoms with van der Waals surface area (Å²) in [5.74, 6) is -0.866. The quantitative estimate of drug-likeness (QED) is 0.0346. The number of ether oxygens (including phenoxy) is 3. The number of hydrogen-bond donors (Lipinski definition) is 0. The third-order valence-electron chi connectivity index (χ3n) is 11.6. The first-order chi connectivity index (χ1) is 28.0. The second-order valence-electron chi connectivity index (χ2n) is 17.5. The number of esters is 3. The minimum Gasteiger partial charge on any atom is -0.462 e. The highest BCUT2D eigenvalue weighted by atomic mass is 16.6. The Balaban J connectivity index is 3.91. The van der Waals surface area contributed by atoms with Crippen molar-refractivity contribution in [2.75, 3.05) is 13.2 Å². The highest BCUT2D eigenvalue weighted by Crippen LogP contribution is 2.17. The topological polar surface area (TPSA) is 78.9 Å². The van der Waals surface area contributed by atoms with Gasteiger partial charge in [-0.15, -0.1) is 0 Å². The van der Waals surface area contributed by atoms with Crippen LogP contribution in [0.25, 0.3) is 0 Å². The molecule has 0 aliphatic carbocycles. The molecule has 338 valence electrons. The molecule has 0 saturated heterocycles. The second-order valence-corrected chi connectivity index (χ2v) is 17.5. The van der Waals surface area contributed by atoms with Gasteiger partial charge in [-0.25, -0.2) is 0 Å². The molecule has 0 heterocycles. The van der Waals surface area contributed by atoms with Crippen LogP contribution >= 0.6 is 0 Å². The zero-order valence-corrected chi connectivity index (χ0v) is 38.6. The lowest BCUT2D eigenvalue weighted by atomic mass is 10.0. The van der Waals surface area contributed by atoms with Crippen LogP contribution in [0.15, 0.2) is 0 Å². The van der Waals surface area contributed by atoms with E-state index in [0.717, 1.165) is 64.2 Å². The highest BCUT2D eigenvalue weighted by molar-refractivity contribution is 5.71. The summed E-state index contributed by atoms with van der Waals surface area (Å²) >= 11 is 0. The first-order valence-corrected chi connectivity index (χ1v) is 25.5. The van der Waals surface area contributed by atoms with Gasteiger partial charge in [-0.2, -0.15) is 0 Å². The minimum atomic E-state index is -0.756. The van der Waals surface area contributed by atoms with Crippen molar-refractivity contribution in [3.8, 4) is 0 Å². The van der Waals surface area contributed by atoms with E-state index in [2.05, 4.69) is 20.8 Å². The summed E-state index contributed by atoms with van der Waals surface area (Å²) in [5.41, 5.74) is 0. The lowest BCUT2D eigenvalue weighted by Crippen LogP contribution is -2.30. The molecule has 0 aromatic carbocycles. The number of rotatable bonds is 47. The molecule has 1 unspecified atom stereocenters. The van der Waals surface area contributed by atoms with Crippen LogP contribution in [0.3, 0.4) is 0 Å². The number of carbonyl (C=O) groups excluding carboxylic acids is 3. The predicted octanol–water partition coefficient (Wildman–Crippen LogP) is 16.4. The molecule has 0 fully saturated rings. The average Bonchev–Trinajstić information content (AvgIpc) is 3.21. The number of unbranched alkanes of at least 4 members (excludes halogenated alkanes) is 36. The second kappa shape index (κ2) is 47.1. The van der Waals surface area contributed by atoms with Crippen molar-refractivity contribution >= 4 is 17.9 Å². The van der Waals surface area contributed by atoms with Crippen molar-refractivity contribution < 1.29 is 28.6 Å². The van der Waals surface area contributed by atoms with Gasteiger partial charge >= 0.3 is 17.9 Å². The SMILES string of the molecule is CCCCCCCCCCCCCCCCCCCCCCCCCCCC(=O)OCC(COC(=O)CCCCCCC)OC(=O)CCCCCCCCCCC. The molecule has 0 spiro atoms. The molecule has 0 radical (unpaired) electrons. The van der Waals surface area contributed by atoms with Gasteiger partial charge in [0, 0.05) is 19.3 Å². The van der Waals surface area contributed by atoms with Crippen LogP contribution in [0.2, 0.25) is 0 Å². The van der Waals surface area contributed by atoms with Crippen LogP contribution < -0.4 is 0 Å². The average molecular weight is 807 g/mol. The normalized spacial score (nSPS) is 11.8. The summed E-state index contributed by atoms with van der Waals surface area (Å²) in [6, 6.07) is 0. The monoisotopic (exact) mass is 807 g/mol. The van der Waals surface area contributed by atoms with Crippen molar-refractivity contribution in [3.63, 3.8) is 0 Å². The molecule has 57 heavy (non-hydrogen) atoms. The third kappa shape index (κ3) is 45.3. The van der Waals surface area contributed by atoms with Crippen LogP contribution in [0.1, 0.15) is 290 Å². The van der Waals surface area contributed by atoms with Crippen LogP contribution in [0, 0.1) is 0 Å². The van der Waals surface area contributed by atoms with Gasteiger partial charge in [0.15, 0.2) is 6.10 Å². The standard InChI is InChI=1S/C51H98O6/c1-4-7-10-13-15-17-18-19-20-21-22-23-24-25-26-27-28-29-30-31-32-34-35-38-41-44-50(53)56-47-48(46-55-49(52)43-40-37-12-9-6-3)57-51(54)45-42-39-36-33-16-14-11-8-5-2/h48H,4-47H2,1-3H3. The number of carbonyl (C=O) groups is 3. The van der Waals surface area contributed by atoms with Gasteiger partial charge in [0.2, 0.25) is 0 Å². The summed E-state index contributed by atoms with van der Waals surface area (Å²) < 4.78 is 16.6. The summed E-state index contributed by atoms with van der Waals surface area (Å²) in [6.07, 6.45) is 50.1. The van der Waals surface area contributed by atoms with E-state index < -0.39 is 6.10 Å². The van der Waals surface area contributed by atoms with E-state index in [1.165, 1.54) is 186 Å². The van der Waals surface area contributed by atoms with E-state index in [1.807, 2.05) is 0 Å². The molecule has 0 aromatic rings. The molecular formula is C51H98O6. The maximum Gasteiger partial charge on any atom is 0.306 e. The fourth-order valence-electron chi connectivity index (χ4n) is 7.74. The van der Waals surface area contributed by atoms with Gasteiger partial charge in [0.05, 0.1) is 0 Å². The third-order valence-corrected chi connectivity index (χ3v) is 11.6. The molecule has 0 N–H and O–H groups in total. The van der Waals surface area contributed by atoms with Crippen molar-refractivity contribution in [3.05, 3.63) is 0 Å². The van der Waals surface area contributed by atoms with E-state index >= 15 is 0 Å². The van der Waals surface area contributed by atoms with Crippen molar-refractivity contribution in [2.45, 2.75) is 297 Å². The smallest absolute Gasteiger partial charge is 0.306 e. The minimum absolute atomic E-state index is 0.0639. The largest absolute Gasteiger partial charge is 0.462 e. The van der Waals surface area contributed by atoms with Gasteiger partial charge < -0.3 is 14.2 Å². The Bertz CT molecular complexity index is 844. The fraction of sp³-hybridized carbons (Fsp3) is 0.941. The van der Waals surface area contributed by atoms with Crippen molar-refractivity contribution in [1.29, 1.82) is 0 Å². The molecule has 0 bridgehead atoms. The molecule has 0 amide bonds. The predicted molar refractivity (Wildman–Crippen MR) is 243 cm³/mol. The molecule has 0 rings (SSSR count). The summed E-state index contributed by atoms with van der Waals surface area (Å²) in [4.78, 5) is 37.4. The number of hydrogen-bond acceptors (Lipinski definition) is 6. The Morgan fingerprint density at radius 3 is 0.702 bits per heavy atom. The lowest BCUT2D eigenvalue weighted by Gasteiger charge is -2.18. The van der Waals surface area contributed by atoms with Gasteiger partial charge in [-0.05, 0) is 19.3 Å². The van der Waals surface area contributed by atoms with Gasteiger partial charge in [0.1, 0.15) is 13.2 Å². The molecular weight excluding hydrogens is 709 g/mol. The first-order valence-electron chi connectivity index (χ1n) is 25.5. The van der Waals surface area contributed by atoms with Crippen LogP contribution in [0.5, 0.6) is 0 Å². The molecule has 0 aliphatic rings. The van der Waals surface area contributed by atoms with Gasteiger partial charge in [-0.1, -0.05) is 252 Å². The van der Waals surface area contributed by atoms with Gasteiger partial charge in [0.25, 0.3) is 0 Å². The summed E-state index contributed by atoms with van der Waals surface area (Å²) in [6.45, 7) is 6.57. The molecule has 0 saturated carbocycles. The lowest BCUT2D eigenvalue weighted by molar-refractivity contribution is -0.167. The highest BCUT2D eigenvalue weighted by Gasteiger charge is 2.19. The zero-order valence-electron chi connectivity index (χ0n) is 38.6. The van der Waals surface area contributed by atoms with E-state index in [-0.39, 0.29) is 31.1 Å². The molecule has 0 aromatic heterocycles. The van der Waals surface area contributed by atoms with Crippen LogP contribution in [-0.2, 0) is 28.6 Å². The van der Waals surface area contributed by atoms with Crippen LogP contribution in [0.4, 0.5) is 0 Å². The summed E-state index contributed by atoms with van der Waals surface area (Å²) in [7, 11) is 0. The fourth-order valence-corrected chi connectivity index (χ4v) is 7.74. The Hall–Kier alpha value is -1.59. The molecule has 6 heteroatoms. The Labute approximate surface area is 355 Å². The first kappa shape index (κ1) is 55.4. The van der Waals surface area contributed by atoms with E-state index in [9.17, 15) is 14.4 Å². The molecule has 6 nitrogen and oxygen atoms in total. The van der Waals surface area contributed by atoms with Crippen LogP contribution in [-0.4, -0.2) is 37.2 Å². The molecule has 1 atom stereocenters. The van der Waals surface area contributed by atoms with Crippen molar-refractivity contribution in [1.82, 2.24) is 0 Å². The van der Waals surface area contributed by atoms with Crippen molar-refractivity contribution in [2.24, 2.45) is 0 Å². The van der Waals surface area contributed by atoms with E-state index in [4.69, 9.17) is 14.2 Å². The summed E-state index contributed by atoms with van der Waals surface area (Å²) in [5, 5.41) is 0. The Kier molecular flexibility index (Phi) is 45.8. The maximum absolute atomic E-state index is 12.6. The Morgan fingerprint density at radius 2 is 0.474 bits per heavy atom. The van der Waals surface area contributed by atoms with E-state index in [0.29, 0.717) is 19.3 Å². The van der Waals surface area contributed by atoms with E-state index in [1.54, 1.807) is 0 Å². The zero-order chi connectivity index (χ0) is 41.5. The Morgan fingerprint density at radius 1 is 0.281 bits per heavy atom. The maximum atomic E-state index is 12.6.